The van der Waals surface area contributed by atoms with Gasteiger partial charge in [-0.1, -0.05) is 176 Å². The second kappa shape index (κ2) is 12.7. The molecule has 0 nitrogen and oxygen atoms in total. The highest BCUT2D eigenvalue weighted by atomic mass is 14.3. The van der Waals surface area contributed by atoms with Gasteiger partial charge in [-0.25, -0.2) is 0 Å². The fourth-order valence-electron chi connectivity index (χ4n) is 8.64. The molecule has 0 aromatic heterocycles. The molecule has 0 aliphatic heterocycles. The maximum atomic E-state index is 2.47. The predicted octanol–water partition coefficient (Wildman–Crippen LogP) is 14.0. The van der Waals surface area contributed by atoms with Crippen molar-refractivity contribution in [2.45, 2.75) is 12.3 Å². The van der Waals surface area contributed by atoms with Crippen LogP contribution >= 0.6 is 0 Å². The maximum absolute atomic E-state index is 2.47. The van der Waals surface area contributed by atoms with Crippen LogP contribution in [0.1, 0.15) is 22.6 Å². The number of hydrogen-bond acceptors (Lipinski definition) is 0. The van der Waals surface area contributed by atoms with Gasteiger partial charge in [-0.05, 0) is 125 Å². The largest absolute Gasteiger partial charge is 0.0622 e. The van der Waals surface area contributed by atoms with Crippen molar-refractivity contribution in [3.8, 4) is 55.6 Å². The Morgan fingerprint density at radius 1 is 0.308 bits per heavy atom. The molecule has 0 bridgehead atoms. The zero-order chi connectivity index (χ0) is 34.4. The third-order valence-electron chi connectivity index (χ3n) is 11.0. The Balaban J connectivity index is 1.20. The molecule has 0 fully saturated rings. The van der Waals surface area contributed by atoms with E-state index in [-0.39, 0.29) is 0 Å². The lowest BCUT2D eigenvalue weighted by Crippen LogP contribution is -2.12. The summed E-state index contributed by atoms with van der Waals surface area (Å²) >= 11 is 0. The van der Waals surface area contributed by atoms with E-state index in [9.17, 15) is 0 Å². The van der Waals surface area contributed by atoms with Crippen LogP contribution < -0.4 is 0 Å². The molecule has 0 heteroatoms. The predicted molar refractivity (Wildman–Crippen MR) is 221 cm³/mol. The summed E-state index contributed by atoms with van der Waals surface area (Å²) in [5.74, 6) is 0.351. The van der Waals surface area contributed by atoms with Gasteiger partial charge in [0.05, 0.1) is 0 Å². The molecule has 1 aliphatic carbocycles. The summed E-state index contributed by atoms with van der Waals surface area (Å²) in [7, 11) is 0. The highest BCUT2D eigenvalue weighted by Gasteiger charge is 2.27. The third-order valence-corrected chi connectivity index (χ3v) is 11.0. The molecule has 0 saturated carbocycles. The first-order chi connectivity index (χ1) is 25.8. The van der Waals surface area contributed by atoms with Crippen molar-refractivity contribution in [1.29, 1.82) is 0 Å². The number of benzene rings is 9. The Kier molecular flexibility index (Phi) is 7.40. The second-order valence-electron chi connectivity index (χ2n) is 14.0. The quantitative estimate of drug-likeness (QED) is 0.161. The maximum Gasteiger partial charge on any atom is 0.0136 e. The van der Waals surface area contributed by atoms with Crippen LogP contribution in [0.5, 0.6) is 0 Å². The molecule has 10 rings (SSSR count). The summed E-state index contributed by atoms with van der Waals surface area (Å²) in [6.07, 6.45) is 0.999. The van der Waals surface area contributed by atoms with Crippen LogP contribution in [0, 0.1) is 0 Å². The smallest absolute Gasteiger partial charge is 0.0136 e. The van der Waals surface area contributed by atoms with E-state index in [1.165, 1.54) is 93.9 Å². The number of fused-ring (bicyclic) bond motifs is 5. The van der Waals surface area contributed by atoms with Gasteiger partial charge in [-0.2, -0.15) is 0 Å². The fraction of sp³-hybridized carbons (Fsp3) is 0.0385. The van der Waals surface area contributed by atoms with E-state index in [0.717, 1.165) is 6.42 Å². The second-order valence-corrected chi connectivity index (χ2v) is 14.0. The lowest BCUT2D eigenvalue weighted by molar-refractivity contribution is 0.794. The summed E-state index contributed by atoms with van der Waals surface area (Å²) in [4.78, 5) is 0. The Morgan fingerprint density at radius 3 is 1.35 bits per heavy atom. The first-order valence-electron chi connectivity index (χ1n) is 18.3. The van der Waals surface area contributed by atoms with Crippen LogP contribution in [0.15, 0.2) is 200 Å². The van der Waals surface area contributed by atoms with E-state index in [0.29, 0.717) is 5.92 Å². The van der Waals surface area contributed by atoms with Crippen molar-refractivity contribution in [2.75, 3.05) is 0 Å². The highest BCUT2D eigenvalue weighted by molar-refractivity contribution is 6.21. The van der Waals surface area contributed by atoms with E-state index in [2.05, 4.69) is 200 Å². The molecular weight excluding hydrogens is 625 g/mol. The van der Waals surface area contributed by atoms with Crippen molar-refractivity contribution in [2.24, 2.45) is 0 Å². The SMILES string of the molecule is c1ccc(-c2cc(-c3ccccc3)cc(-c3c4ccccc4c(-c4ccc5c(c4)-c4ccccc4C(c4ccccc4)C5)c4ccccc34)c2)cc1. The van der Waals surface area contributed by atoms with Crippen molar-refractivity contribution in [1.82, 2.24) is 0 Å². The molecule has 52 heavy (non-hydrogen) atoms. The van der Waals surface area contributed by atoms with Gasteiger partial charge in [0.1, 0.15) is 0 Å². The Hall–Kier alpha value is -6.50. The summed E-state index contributed by atoms with van der Waals surface area (Å²) in [5, 5.41) is 5.08. The molecule has 244 valence electrons. The minimum absolute atomic E-state index is 0.351. The minimum Gasteiger partial charge on any atom is -0.0622 e. The number of hydrogen-bond donors (Lipinski definition) is 0. The molecule has 0 heterocycles. The Morgan fingerprint density at radius 2 is 0.769 bits per heavy atom. The van der Waals surface area contributed by atoms with Crippen molar-refractivity contribution < 1.29 is 0 Å². The van der Waals surface area contributed by atoms with Gasteiger partial charge < -0.3 is 0 Å². The van der Waals surface area contributed by atoms with Gasteiger partial charge in [-0.15, -0.1) is 0 Å². The molecule has 0 N–H and O–H groups in total. The van der Waals surface area contributed by atoms with E-state index in [4.69, 9.17) is 0 Å². The van der Waals surface area contributed by atoms with E-state index < -0.39 is 0 Å². The van der Waals surface area contributed by atoms with Gasteiger partial charge in [0.2, 0.25) is 0 Å². The third kappa shape index (κ3) is 5.15. The van der Waals surface area contributed by atoms with Gasteiger partial charge in [0.15, 0.2) is 0 Å². The molecule has 0 spiro atoms. The first-order valence-corrected chi connectivity index (χ1v) is 18.3. The molecule has 0 amide bonds. The van der Waals surface area contributed by atoms with E-state index >= 15 is 0 Å². The zero-order valence-corrected chi connectivity index (χ0v) is 28.8. The van der Waals surface area contributed by atoms with Crippen LogP contribution in [-0.2, 0) is 6.42 Å². The van der Waals surface area contributed by atoms with Crippen LogP contribution in [-0.4, -0.2) is 0 Å². The Bertz CT molecular complexity index is 2630. The molecule has 9 aromatic rings. The first kappa shape index (κ1) is 30.3. The number of rotatable bonds is 5. The molecule has 9 aromatic carbocycles. The van der Waals surface area contributed by atoms with E-state index in [1.54, 1.807) is 0 Å². The fourth-order valence-corrected chi connectivity index (χ4v) is 8.64. The van der Waals surface area contributed by atoms with E-state index in [1.807, 2.05) is 0 Å². The van der Waals surface area contributed by atoms with Crippen LogP contribution in [0.4, 0.5) is 0 Å². The summed E-state index contributed by atoms with van der Waals surface area (Å²) in [5.41, 5.74) is 16.8. The average molecular weight is 661 g/mol. The summed E-state index contributed by atoms with van der Waals surface area (Å²) in [6, 6.07) is 73.9. The molecule has 0 saturated heterocycles. The van der Waals surface area contributed by atoms with Crippen molar-refractivity contribution >= 4 is 21.5 Å². The molecule has 0 radical (unpaired) electrons. The minimum atomic E-state index is 0.351. The summed E-state index contributed by atoms with van der Waals surface area (Å²) in [6.45, 7) is 0. The lowest BCUT2D eigenvalue weighted by Gasteiger charge is -2.29. The highest BCUT2D eigenvalue weighted by Crippen LogP contribution is 2.48. The Labute approximate surface area is 305 Å². The van der Waals surface area contributed by atoms with Crippen molar-refractivity contribution in [3.63, 3.8) is 0 Å². The van der Waals surface area contributed by atoms with Gasteiger partial charge in [0.25, 0.3) is 0 Å². The summed E-state index contributed by atoms with van der Waals surface area (Å²) < 4.78 is 0. The normalized spacial score (nSPS) is 13.5. The lowest BCUT2D eigenvalue weighted by atomic mass is 9.75. The standard InChI is InChI=1S/C52H36/c1-4-16-35(17-5-1)40-30-41(36-18-6-2-7-19-36)32-42(31-40)52-47-26-14-12-24-45(47)51(46-25-13-15-27-48(46)52)39-29-28-38-33-49(37-20-8-3-9-21-37)43-22-10-11-23-44(43)50(38)34-39/h1-32,34,49H,33H2. The van der Waals surface area contributed by atoms with Crippen LogP contribution in [0.3, 0.4) is 0 Å². The van der Waals surface area contributed by atoms with Gasteiger partial charge in [0, 0.05) is 5.92 Å². The van der Waals surface area contributed by atoms with Crippen LogP contribution in [0.25, 0.3) is 77.2 Å². The van der Waals surface area contributed by atoms with Crippen molar-refractivity contribution in [3.05, 3.63) is 217 Å². The molecule has 1 aliphatic rings. The molecule has 1 unspecified atom stereocenters. The zero-order valence-electron chi connectivity index (χ0n) is 28.8. The van der Waals surface area contributed by atoms with Gasteiger partial charge >= 0.3 is 0 Å². The molecule has 1 atom stereocenters. The van der Waals surface area contributed by atoms with Gasteiger partial charge in [-0.3, -0.25) is 0 Å². The van der Waals surface area contributed by atoms with Crippen LogP contribution in [0.2, 0.25) is 0 Å². The molecular formula is C52H36. The monoisotopic (exact) mass is 660 g/mol. The average Bonchev–Trinajstić information content (AvgIpc) is 3.23. The topological polar surface area (TPSA) is 0 Å².